The average Bonchev–Trinajstić information content (AvgIpc) is 3.07. The van der Waals surface area contributed by atoms with E-state index in [0.717, 1.165) is 30.6 Å². The second kappa shape index (κ2) is 8.54. The molecule has 4 rings (SSSR count). The van der Waals surface area contributed by atoms with E-state index in [-0.39, 0.29) is 6.10 Å². The Morgan fingerprint density at radius 3 is 2.50 bits per heavy atom. The van der Waals surface area contributed by atoms with Crippen LogP contribution in [-0.2, 0) is 4.74 Å². The zero-order valence-electron chi connectivity index (χ0n) is 20.6. The van der Waals surface area contributed by atoms with Gasteiger partial charge in [0, 0.05) is 7.11 Å². The summed E-state index contributed by atoms with van der Waals surface area (Å²) >= 11 is 0. The van der Waals surface area contributed by atoms with E-state index in [9.17, 15) is 5.11 Å². The largest absolute Gasteiger partial charge is 0.393 e. The fourth-order valence-electron chi connectivity index (χ4n) is 8.77. The molecule has 4 aliphatic carbocycles. The molecule has 0 aliphatic heterocycles. The third kappa shape index (κ3) is 3.72. The Morgan fingerprint density at radius 2 is 1.80 bits per heavy atom. The molecule has 3 fully saturated rings. The van der Waals surface area contributed by atoms with Crippen LogP contribution in [0.25, 0.3) is 0 Å². The Kier molecular flexibility index (Phi) is 6.50. The molecule has 0 bridgehead atoms. The Morgan fingerprint density at radius 1 is 1.03 bits per heavy atom. The van der Waals surface area contributed by atoms with Crippen LogP contribution < -0.4 is 0 Å². The standard InChI is InChI=1S/C28H48O2/c1-18(2)7-12-26(29)19(3)23-10-11-24-22-9-8-20-17-21(30-6)13-15-27(20,4)25(22)14-16-28(23,24)5/h8,18-19,21-26,29H,7,9-17H2,1-6H3/t19-,21-,22-,23?,24?,25?,26+,27-,28+/m0/s1. The first-order chi connectivity index (χ1) is 14.2. The van der Waals surface area contributed by atoms with Gasteiger partial charge in [-0.15, -0.1) is 0 Å². The summed E-state index contributed by atoms with van der Waals surface area (Å²) in [7, 11) is 1.89. The van der Waals surface area contributed by atoms with Crippen molar-refractivity contribution in [3.05, 3.63) is 11.6 Å². The summed E-state index contributed by atoms with van der Waals surface area (Å²) in [6.45, 7) is 12.1. The maximum atomic E-state index is 11.0. The quantitative estimate of drug-likeness (QED) is 0.472. The van der Waals surface area contributed by atoms with Crippen LogP contribution >= 0.6 is 0 Å². The van der Waals surface area contributed by atoms with Gasteiger partial charge in [0.2, 0.25) is 0 Å². The van der Waals surface area contributed by atoms with Gasteiger partial charge in [0.15, 0.2) is 0 Å². The fourth-order valence-corrected chi connectivity index (χ4v) is 8.77. The Hall–Kier alpha value is -0.340. The number of aliphatic hydroxyl groups excluding tert-OH is 1. The van der Waals surface area contributed by atoms with Gasteiger partial charge in [-0.2, -0.15) is 0 Å². The molecule has 0 aromatic carbocycles. The number of fused-ring (bicyclic) bond motifs is 5. The van der Waals surface area contributed by atoms with E-state index in [4.69, 9.17) is 4.74 Å². The van der Waals surface area contributed by atoms with Crippen molar-refractivity contribution in [3.63, 3.8) is 0 Å². The molecule has 172 valence electrons. The van der Waals surface area contributed by atoms with Gasteiger partial charge in [-0.1, -0.05) is 46.3 Å². The van der Waals surface area contributed by atoms with Crippen LogP contribution in [0.3, 0.4) is 0 Å². The molecule has 0 amide bonds. The monoisotopic (exact) mass is 416 g/mol. The number of aliphatic hydroxyl groups is 1. The van der Waals surface area contributed by atoms with Gasteiger partial charge in [0.1, 0.15) is 0 Å². The van der Waals surface area contributed by atoms with Gasteiger partial charge in [0.05, 0.1) is 12.2 Å². The highest BCUT2D eigenvalue weighted by atomic mass is 16.5. The lowest BCUT2D eigenvalue weighted by Gasteiger charge is -2.58. The first kappa shape index (κ1) is 22.8. The highest BCUT2D eigenvalue weighted by Crippen LogP contribution is 2.67. The van der Waals surface area contributed by atoms with Gasteiger partial charge in [0.25, 0.3) is 0 Å². The molecular formula is C28H48O2. The summed E-state index contributed by atoms with van der Waals surface area (Å²) in [4.78, 5) is 0. The van der Waals surface area contributed by atoms with Crippen molar-refractivity contribution >= 4 is 0 Å². The Bertz CT molecular complexity index is 639. The molecule has 4 aliphatic rings. The fraction of sp³-hybridized carbons (Fsp3) is 0.929. The van der Waals surface area contributed by atoms with Crippen molar-refractivity contribution in [2.45, 2.75) is 111 Å². The first-order valence-electron chi connectivity index (χ1n) is 13.1. The molecule has 3 unspecified atom stereocenters. The number of methoxy groups -OCH3 is 1. The summed E-state index contributed by atoms with van der Waals surface area (Å²) in [6, 6.07) is 0. The summed E-state index contributed by atoms with van der Waals surface area (Å²) in [5.41, 5.74) is 2.57. The third-order valence-corrected chi connectivity index (χ3v) is 10.7. The van der Waals surface area contributed by atoms with Gasteiger partial charge in [-0.3, -0.25) is 0 Å². The molecule has 30 heavy (non-hydrogen) atoms. The van der Waals surface area contributed by atoms with Crippen molar-refractivity contribution in [1.82, 2.24) is 0 Å². The Balaban J connectivity index is 1.50. The van der Waals surface area contributed by atoms with Gasteiger partial charge in [-0.05, 0) is 111 Å². The van der Waals surface area contributed by atoms with E-state index in [1.54, 1.807) is 5.57 Å². The summed E-state index contributed by atoms with van der Waals surface area (Å²) in [5, 5.41) is 11.0. The lowest BCUT2D eigenvalue weighted by atomic mass is 9.47. The molecule has 0 radical (unpaired) electrons. The first-order valence-corrected chi connectivity index (χ1v) is 13.1. The molecular weight excluding hydrogens is 368 g/mol. The minimum absolute atomic E-state index is 0.120. The molecule has 0 aromatic heterocycles. The lowest BCUT2D eigenvalue weighted by molar-refractivity contribution is -0.0701. The molecule has 0 spiro atoms. The molecule has 3 saturated carbocycles. The van der Waals surface area contributed by atoms with Crippen molar-refractivity contribution < 1.29 is 9.84 Å². The van der Waals surface area contributed by atoms with Gasteiger partial charge in [-0.25, -0.2) is 0 Å². The molecule has 0 aromatic rings. The van der Waals surface area contributed by atoms with E-state index >= 15 is 0 Å². The summed E-state index contributed by atoms with van der Waals surface area (Å²) in [6.07, 6.45) is 15.6. The lowest BCUT2D eigenvalue weighted by Crippen LogP contribution is -2.51. The van der Waals surface area contributed by atoms with E-state index in [1.807, 2.05) is 7.11 Å². The molecule has 0 saturated heterocycles. The van der Waals surface area contributed by atoms with E-state index in [1.165, 1.54) is 51.4 Å². The maximum Gasteiger partial charge on any atom is 0.0608 e. The highest BCUT2D eigenvalue weighted by molar-refractivity contribution is 5.25. The minimum atomic E-state index is -0.120. The minimum Gasteiger partial charge on any atom is -0.393 e. The number of ether oxygens (including phenoxy) is 1. The molecule has 2 heteroatoms. The van der Waals surface area contributed by atoms with E-state index < -0.39 is 0 Å². The van der Waals surface area contributed by atoms with E-state index in [2.05, 4.69) is 40.7 Å². The van der Waals surface area contributed by atoms with E-state index in [0.29, 0.717) is 34.7 Å². The second-order valence-electron chi connectivity index (χ2n) is 12.5. The molecule has 0 heterocycles. The summed E-state index contributed by atoms with van der Waals surface area (Å²) < 4.78 is 5.74. The SMILES string of the molecule is CO[C@H]1CC[C@@]2(C)C(=CC[C@H]3C4CCC([C@H](C)[C@H](O)CCC(C)C)[C@@]4(C)CCC32)C1. The van der Waals surface area contributed by atoms with Crippen molar-refractivity contribution in [1.29, 1.82) is 0 Å². The maximum absolute atomic E-state index is 11.0. The predicted octanol–water partition coefficient (Wildman–Crippen LogP) is 7.01. The van der Waals surface area contributed by atoms with Crippen LogP contribution in [0.5, 0.6) is 0 Å². The average molecular weight is 417 g/mol. The van der Waals surface area contributed by atoms with Crippen LogP contribution in [0.15, 0.2) is 11.6 Å². The van der Waals surface area contributed by atoms with Crippen LogP contribution in [-0.4, -0.2) is 24.4 Å². The van der Waals surface area contributed by atoms with Crippen molar-refractivity contribution in [3.8, 4) is 0 Å². The van der Waals surface area contributed by atoms with Crippen LogP contribution in [0.4, 0.5) is 0 Å². The zero-order chi connectivity index (χ0) is 21.7. The number of allylic oxidation sites excluding steroid dienone is 1. The van der Waals surface area contributed by atoms with Gasteiger partial charge < -0.3 is 9.84 Å². The molecule has 9 atom stereocenters. The van der Waals surface area contributed by atoms with Crippen LogP contribution in [0.2, 0.25) is 0 Å². The number of hydrogen-bond acceptors (Lipinski definition) is 2. The van der Waals surface area contributed by atoms with Crippen molar-refractivity contribution in [2.75, 3.05) is 7.11 Å². The topological polar surface area (TPSA) is 29.5 Å². The predicted molar refractivity (Wildman–Crippen MR) is 125 cm³/mol. The zero-order valence-corrected chi connectivity index (χ0v) is 20.6. The summed E-state index contributed by atoms with van der Waals surface area (Å²) in [5.74, 6) is 4.42. The Labute approximate surface area is 186 Å². The second-order valence-corrected chi connectivity index (χ2v) is 12.5. The number of hydrogen-bond donors (Lipinski definition) is 1. The van der Waals surface area contributed by atoms with Gasteiger partial charge >= 0.3 is 0 Å². The van der Waals surface area contributed by atoms with Crippen LogP contribution in [0.1, 0.15) is 98.8 Å². The molecule has 2 nitrogen and oxygen atoms in total. The molecule has 1 N–H and O–H groups in total. The smallest absolute Gasteiger partial charge is 0.0608 e. The van der Waals surface area contributed by atoms with Crippen molar-refractivity contribution in [2.24, 2.45) is 46.3 Å². The van der Waals surface area contributed by atoms with Crippen LogP contribution in [0, 0.1) is 46.3 Å². The third-order valence-electron chi connectivity index (χ3n) is 10.7. The highest BCUT2D eigenvalue weighted by Gasteiger charge is 2.59. The normalized spacial score (nSPS) is 45.3. The number of rotatable bonds is 6.